The molecule has 1 saturated heterocycles. The normalized spacial score (nSPS) is 23.6. The van der Waals surface area contributed by atoms with Crippen molar-refractivity contribution in [2.75, 3.05) is 33.9 Å². The average Bonchev–Trinajstić information content (AvgIpc) is 2.49. The van der Waals surface area contributed by atoms with Crippen LogP contribution in [0.4, 0.5) is 0 Å². The van der Waals surface area contributed by atoms with Gasteiger partial charge in [-0.05, 0) is 19.3 Å². The Bertz CT molecular complexity index is 211. The molecule has 0 aromatic carbocycles. The largest absolute Gasteiger partial charge is 0.382 e. The van der Waals surface area contributed by atoms with Gasteiger partial charge >= 0.3 is 0 Å². The molecule has 1 amide bonds. The highest BCUT2D eigenvalue weighted by Gasteiger charge is 2.21. The first-order valence-corrected chi connectivity index (χ1v) is 5.80. The highest BCUT2D eigenvalue weighted by Crippen LogP contribution is 2.05. The second-order valence-electron chi connectivity index (χ2n) is 4.06. The number of ether oxygens (including phenoxy) is 2. The number of carbonyl (C=O) groups excluding carboxylic acids is 1. The van der Waals surface area contributed by atoms with Crippen LogP contribution in [0.1, 0.15) is 19.3 Å². The molecule has 1 fully saturated rings. The van der Waals surface area contributed by atoms with Crippen LogP contribution in [0.5, 0.6) is 0 Å². The van der Waals surface area contributed by atoms with Crippen LogP contribution in [0.2, 0.25) is 0 Å². The topological polar surface area (TPSA) is 59.6 Å². The molecule has 1 aliphatic rings. The fraction of sp³-hybridized carbons (Fsp3) is 0.909. The third-order valence-corrected chi connectivity index (χ3v) is 2.81. The van der Waals surface area contributed by atoms with Gasteiger partial charge in [0.1, 0.15) is 0 Å². The van der Waals surface area contributed by atoms with Crippen LogP contribution in [-0.4, -0.2) is 52.0 Å². The first-order valence-electron chi connectivity index (χ1n) is 5.80. The standard InChI is InChI=1S/C11H22N2O3/c1-15-8-9(16-2)7-13-10-5-3-4-6-12-11(10)14/h9-10,13H,3-8H2,1-2H3,(H,12,14). The van der Waals surface area contributed by atoms with Crippen LogP contribution in [0.25, 0.3) is 0 Å². The molecule has 0 radical (unpaired) electrons. The summed E-state index contributed by atoms with van der Waals surface area (Å²) < 4.78 is 10.2. The second kappa shape index (κ2) is 7.60. The first kappa shape index (κ1) is 13.4. The van der Waals surface area contributed by atoms with Gasteiger partial charge in [0.25, 0.3) is 0 Å². The van der Waals surface area contributed by atoms with E-state index >= 15 is 0 Å². The lowest BCUT2D eigenvalue weighted by molar-refractivity contribution is -0.123. The van der Waals surface area contributed by atoms with Gasteiger partial charge in [-0.15, -0.1) is 0 Å². The molecule has 1 heterocycles. The summed E-state index contributed by atoms with van der Waals surface area (Å²) in [6, 6.07) is -0.0861. The lowest BCUT2D eigenvalue weighted by Gasteiger charge is -2.19. The molecule has 0 aliphatic carbocycles. The maximum absolute atomic E-state index is 11.6. The molecule has 16 heavy (non-hydrogen) atoms. The highest BCUT2D eigenvalue weighted by molar-refractivity contribution is 5.81. The number of carbonyl (C=O) groups is 1. The van der Waals surface area contributed by atoms with E-state index in [1.165, 1.54) is 0 Å². The molecule has 0 saturated carbocycles. The molecular formula is C11H22N2O3. The Kier molecular flexibility index (Phi) is 6.37. The number of rotatable bonds is 6. The number of hydrogen-bond donors (Lipinski definition) is 2. The Morgan fingerprint density at radius 1 is 1.50 bits per heavy atom. The van der Waals surface area contributed by atoms with Gasteiger partial charge in [0, 0.05) is 27.3 Å². The van der Waals surface area contributed by atoms with Gasteiger partial charge in [0.2, 0.25) is 5.91 Å². The van der Waals surface area contributed by atoms with E-state index in [9.17, 15) is 4.79 Å². The number of amides is 1. The molecule has 0 aromatic heterocycles. The molecule has 0 aromatic rings. The van der Waals surface area contributed by atoms with Crippen molar-refractivity contribution in [3.05, 3.63) is 0 Å². The summed E-state index contributed by atoms with van der Waals surface area (Å²) in [6.45, 7) is 1.98. The van der Waals surface area contributed by atoms with Crippen molar-refractivity contribution < 1.29 is 14.3 Å². The maximum Gasteiger partial charge on any atom is 0.237 e. The van der Waals surface area contributed by atoms with E-state index in [1.54, 1.807) is 14.2 Å². The molecule has 2 atom stereocenters. The van der Waals surface area contributed by atoms with E-state index in [0.29, 0.717) is 13.2 Å². The van der Waals surface area contributed by atoms with E-state index in [0.717, 1.165) is 25.8 Å². The fourth-order valence-corrected chi connectivity index (χ4v) is 1.80. The van der Waals surface area contributed by atoms with Gasteiger partial charge in [-0.3, -0.25) is 4.79 Å². The van der Waals surface area contributed by atoms with E-state index < -0.39 is 0 Å². The summed E-state index contributed by atoms with van der Waals surface area (Å²) in [5, 5.41) is 6.12. The van der Waals surface area contributed by atoms with E-state index in [4.69, 9.17) is 9.47 Å². The molecule has 5 nitrogen and oxygen atoms in total. The minimum atomic E-state index is -0.0861. The molecule has 94 valence electrons. The molecular weight excluding hydrogens is 208 g/mol. The minimum Gasteiger partial charge on any atom is -0.382 e. The summed E-state index contributed by atoms with van der Waals surface area (Å²) in [4.78, 5) is 11.6. The summed E-state index contributed by atoms with van der Waals surface area (Å²) in [5.74, 6) is 0.102. The Hall–Kier alpha value is -0.650. The second-order valence-corrected chi connectivity index (χ2v) is 4.06. The molecule has 2 N–H and O–H groups in total. The summed E-state index contributed by atoms with van der Waals surface area (Å²) in [7, 11) is 3.29. The van der Waals surface area contributed by atoms with Gasteiger partial charge in [-0.25, -0.2) is 0 Å². The van der Waals surface area contributed by atoms with Crippen molar-refractivity contribution in [1.82, 2.24) is 10.6 Å². The number of methoxy groups -OCH3 is 2. The van der Waals surface area contributed by atoms with E-state index in [1.807, 2.05) is 0 Å². The molecule has 0 spiro atoms. The van der Waals surface area contributed by atoms with Gasteiger partial charge in [-0.1, -0.05) is 0 Å². The van der Waals surface area contributed by atoms with Crippen LogP contribution >= 0.6 is 0 Å². The predicted octanol–water partition coefficient (Wildman–Crippen LogP) is -0.0939. The lowest BCUT2D eigenvalue weighted by atomic mass is 10.1. The monoisotopic (exact) mass is 230 g/mol. The van der Waals surface area contributed by atoms with Crippen LogP contribution < -0.4 is 10.6 Å². The third-order valence-electron chi connectivity index (χ3n) is 2.81. The molecule has 5 heteroatoms. The Morgan fingerprint density at radius 3 is 3.00 bits per heavy atom. The van der Waals surface area contributed by atoms with Crippen LogP contribution in [0.15, 0.2) is 0 Å². The van der Waals surface area contributed by atoms with Crippen LogP contribution in [-0.2, 0) is 14.3 Å². The molecule has 0 bridgehead atoms. The predicted molar refractivity (Wildman–Crippen MR) is 61.3 cm³/mol. The summed E-state index contributed by atoms with van der Waals surface area (Å²) in [5.41, 5.74) is 0. The number of hydrogen-bond acceptors (Lipinski definition) is 4. The van der Waals surface area contributed by atoms with Crippen molar-refractivity contribution in [3.8, 4) is 0 Å². The van der Waals surface area contributed by atoms with Crippen LogP contribution in [0.3, 0.4) is 0 Å². The summed E-state index contributed by atoms with van der Waals surface area (Å²) >= 11 is 0. The third kappa shape index (κ3) is 4.47. The Labute approximate surface area is 96.9 Å². The van der Waals surface area contributed by atoms with Crippen molar-refractivity contribution in [3.63, 3.8) is 0 Å². The Balaban J connectivity index is 2.30. The zero-order valence-corrected chi connectivity index (χ0v) is 10.1. The van der Waals surface area contributed by atoms with E-state index in [2.05, 4.69) is 10.6 Å². The van der Waals surface area contributed by atoms with Gasteiger partial charge in [-0.2, -0.15) is 0 Å². The zero-order chi connectivity index (χ0) is 11.8. The van der Waals surface area contributed by atoms with Gasteiger partial charge in [0.05, 0.1) is 18.8 Å². The Morgan fingerprint density at radius 2 is 2.31 bits per heavy atom. The SMILES string of the molecule is COCC(CNC1CCCCNC1=O)OC. The maximum atomic E-state index is 11.6. The summed E-state index contributed by atoms with van der Waals surface area (Å²) in [6.07, 6.45) is 3.05. The minimum absolute atomic E-state index is 0.000975. The fourth-order valence-electron chi connectivity index (χ4n) is 1.80. The van der Waals surface area contributed by atoms with Crippen molar-refractivity contribution in [2.24, 2.45) is 0 Å². The van der Waals surface area contributed by atoms with Gasteiger partial charge < -0.3 is 20.1 Å². The van der Waals surface area contributed by atoms with Crippen LogP contribution in [0, 0.1) is 0 Å². The molecule has 2 unspecified atom stereocenters. The first-order chi connectivity index (χ1) is 7.77. The lowest BCUT2D eigenvalue weighted by Crippen LogP contribution is -2.46. The zero-order valence-electron chi connectivity index (χ0n) is 10.1. The van der Waals surface area contributed by atoms with Crippen molar-refractivity contribution in [2.45, 2.75) is 31.4 Å². The van der Waals surface area contributed by atoms with Crippen molar-refractivity contribution in [1.29, 1.82) is 0 Å². The van der Waals surface area contributed by atoms with Crippen molar-refractivity contribution >= 4 is 5.91 Å². The smallest absolute Gasteiger partial charge is 0.237 e. The quantitative estimate of drug-likeness (QED) is 0.669. The average molecular weight is 230 g/mol. The molecule has 1 aliphatic heterocycles. The molecule has 1 rings (SSSR count). The number of nitrogens with one attached hydrogen (secondary N) is 2. The highest BCUT2D eigenvalue weighted by atomic mass is 16.5. The van der Waals surface area contributed by atoms with Gasteiger partial charge in [0.15, 0.2) is 0 Å². The van der Waals surface area contributed by atoms with E-state index in [-0.39, 0.29) is 18.1 Å².